The zero-order valence-corrected chi connectivity index (χ0v) is 11.5. The van der Waals surface area contributed by atoms with Crippen molar-refractivity contribution in [3.63, 3.8) is 0 Å². The number of carbonyl (C=O) groups is 1. The van der Waals surface area contributed by atoms with Gasteiger partial charge in [0.2, 0.25) is 0 Å². The van der Waals surface area contributed by atoms with Crippen molar-refractivity contribution in [1.29, 1.82) is 0 Å². The van der Waals surface area contributed by atoms with E-state index in [1.54, 1.807) is 13.0 Å². The zero-order chi connectivity index (χ0) is 14.1. The van der Waals surface area contributed by atoms with Gasteiger partial charge >= 0.3 is 5.97 Å². The number of carbonyl (C=O) groups excluding carboxylic acids is 1. The van der Waals surface area contributed by atoms with E-state index in [1.165, 1.54) is 0 Å². The van der Waals surface area contributed by atoms with Crippen LogP contribution in [-0.2, 0) is 9.53 Å². The molecule has 0 aromatic heterocycles. The molecule has 1 unspecified atom stereocenters. The Labute approximate surface area is 114 Å². The van der Waals surface area contributed by atoms with Crippen molar-refractivity contribution in [2.45, 2.75) is 19.9 Å². The van der Waals surface area contributed by atoms with Crippen LogP contribution in [0.1, 0.15) is 25.5 Å². The summed E-state index contributed by atoms with van der Waals surface area (Å²) in [5.41, 5.74) is 0.825. The molecule has 0 fully saturated rings. The van der Waals surface area contributed by atoms with E-state index < -0.39 is 6.04 Å². The van der Waals surface area contributed by atoms with E-state index in [0.29, 0.717) is 19.8 Å². The summed E-state index contributed by atoms with van der Waals surface area (Å²) in [7, 11) is 0. The van der Waals surface area contributed by atoms with Gasteiger partial charge in [-0.1, -0.05) is 18.2 Å². The molecule has 1 N–H and O–H groups in total. The lowest BCUT2D eigenvalue weighted by molar-refractivity contribution is -0.145. The van der Waals surface area contributed by atoms with Gasteiger partial charge < -0.3 is 9.47 Å². The van der Waals surface area contributed by atoms with Gasteiger partial charge in [0, 0.05) is 6.54 Å². The number of nitrogens with one attached hydrogen (secondary N) is 1. The van der Waals surface area contributed by atoms with Crippen molar-refractivity contribution < 1.29 is 14.3 Å². The maximum Gasteiger partial charge on any atom is 0.327 e. The van der Waals surface area contributed by atoms with E-state index in [0.717, 1.165) is 11.3 Å². The lowest BCUT2D eigenvalue weighted by Gasteiger charge is -2.17. The maximum atomic E-state index is 12.0. The quantitative estimate of drug-likeness (QED) is 0.578. The summed E-state index contributed by atoms with van der Waals surface area (Å²) in [5, 5.41) is 3.09. The summed E-state index contributed by atoms with van der Waals surface area (Å²) in [4.78, 5) is 12.0. The van der Waals surface area contributed by atoms with Crippen LogP contribution in [0.25, 0.3) is 0 Å². The van der Waals surface area contributed by atoms with E-state index in [2.05, 4.69) is 11.9 Å². The summed E-state index contributed by atoms with van der Waals surface area (Å²) in [5.74, 6) is 0.452. The van der Waals surface area contributed by atoms with E-state index >= 15 is 0 Å². The van der Waals surface area contributed by atoms with Gasteiger partial charge in [-0.2, -0.15) is 0 Å². The fourth-order valence-electron chi connectivity index (χ4n) is 1.71. The monoisotopic (exact) mass is 263 g/mol. The first-order chi connectivity index (χ1) is 9.22. The zero-order valence-electron chi connectivity index (χ0n) is 11.5. The molecule has 0 bridgehead atoms. The highest BCUT2D eigenvalue weighted by molar-refractivity contribution is 5.77. The van der Waals surface area contributed by atoms with Crippen molar-refractivity contribution in [2.24, 2.45) is 0 Å². The van der Waals surface area contributed by atoms with Gasteiger partial charge in [0.25, 0.3) is 0 Å². The average molecular weight is 263 g/mol. The molecule has 1 rings (SSSR count). The predicted octanol–water partition coefficient (Wildman–Crippen LogP) is 2.47. The van der Waals surface area contributed by atoms with Crippen molar-refractivity contribution in [3.8, 4) is 5.75 Å². The first-order valence-corrected chi connectivity index (χ1v) is 6.46. The minimum atomic E-state index is -0.502. The molecule has 0 aliphatic carbocycles. The second kappa shape index (κ2) is 8.32. The Balaban J connectivity index is 2.91. The second-order valence-electron chi connectivity index (χ2n) is 3.89. The molecule has 0 radical (unpaired) electrons. The minimum absolute atomic E-state index is 0.294. The van der Waals surface area contributed by atoms with Crippen LogP contribution in [-0.4, -0.2) is 25.7 Å². The van der Waals surface area contributed by atoms with Gasteiger partial charge in [0.05, 0.1) is 13.2 Å². The van der Waals surface area contributed by atoms with Crippen LogP contribution in [0.2, 0.25) is 0 Å². The Morgan fingerprint density at radius 3 is 2.84 bits per heavy atom. The molecule has 1 aromatic rings. The standard InChI is InChI=1S/C15H21NO3/c1-4-10-16-14(15(17)19-6-3)12-8-7-9-13(11-12)18-5-2/h4,7-9,11,14,16H,1,5-6,10H2,2-3H3. The lowest BCUT2D eigenvalue weighted by Crippen LogP contribution is -2.30. The molecule has 1 atom stereocenters. The Bertz CT molecular complexity index is 418. The van der Waals surface area contributed by atoms with Crippen molar-refractivity contribution in [3.05, 3.63) is 42.5 Å². The molecule has 4 nitrogen and oxygen atoms in total. The lowest BCUT2D eigenvalue weighted by atomic mass is 10.1. The maximum absolute atomic E-state index is 12.0. The van der Waals surface area contributed by atoms with Gasteiger partial charge in [-0.25, -0.2) is 4.79 Å². The molecule has 0 amide bonds. The molecule has 0 aliphatic heterocycles. The highest BCUT2D eigenvalue weighted by Crippen LogP contribution is 2.20. The summed E-state index contributed by atoms with van der Waals surface area (Å²) in [6, 6.07) is 6.95. The summed E-state index contributed by atoms with van der Waals surface area (Å²) in [6.07, 6.45) is 1.71. The third kappa shape index (κ3) is 4.75. The van der Waals surface area contributed by atoms with Crippen molar-refractivity contribution in [2.75, 3.05) is 19.8 Å². The normalized spacial score (nSPS) is 11.7. The van der Waals surface area contributed by atoms with Crippen LogP contribution in [0.5, 0.6) is 5.75 Å². The van der Waals surface area contributed by atoms with Gasteiger partial charge in [0.1, 0.15) is 11.8 Å². The van der Waals surface area contributed by atoms with E-state index in [-0.39, 0.29) is 5.97 Å². The molecular weight excluding hydrogens is 242 g/mol. The van der Waals surface area contributed by atoms with Crippen LogP contribution in [0, 0.1) is 0 Å². The van der Waals surface area contributed by atoms with Crippen LogP contribution >= 0.6 is 0 Å². The molecule has 0 saturated carbocycles. The van der Waals surface area contributed by atoms with Crippen LogP contribution < -0.4 is 10.1 Å². The van der Waals surface area contributed by atoms with Gasteiger partial charge in [-0.05, 0) is 31.5 Å². The van der Waals surface area contributed by atoms with Gasteiger partial charge in [-0.3, -0.25) is 5.32 Å². The number of rotatable bonds is 8. The highest BCUT2D eigenvalue weighted by atomic mass is 16.5. The fourth-order valence-corrected chi connectivity index (χ4v) is 1.71. The van der Waals surface area contributed by atoms with Crippen molar-refractivity contribution in [1.82, 2.24) is 5.32 Å². The predicted molar refractivity (Wildman–Crippen MR) is 75.2 cm³/mol. The molecule has 0 aliphatic rings. The molecule has 4 heteroatoms. The number of esters is 1. The largest absolute Gasteiger partial charge is 0.494 e. The van der Waals surface area contributed by atoms with E-state index in [9.17, 15) is 4.79 Å². The van der Waals surface area contributed by atoms with E-state index in [4.69, 9.17) is 9.47 Å². The number of ether oxygens (including phenoxy) is 2. The van der Waals surface area contributed by atoms with Crippen LogP contribution in [0.4, 0.5) is 0 Å². The Morgan fingerprint density at radius 1 is 1.42 bits per heavy atom. The van der Waals surface area contributed by atoms with Crippen LogP contribution in [0.3, 0.4) is 0 Å². The SMILES string of the molecule is C=CCNC(C(=O)OCC)c1cccc(OCC)c1. The molecule has 104 valence electrons. The minimum Gasteiger partial charge on any atom is -0.494 e. The molecule has 0 spiro atoms. The molecular formula is C15H21NO3. The highest BCUT2D eigenvalue weighted by Gasteiger charge is 2.21. The van der Waals surface area contributed by atoms with E-state index in [1.807, 2.05) is 31.2 Å². The van der Waals surface area contributed by atoms with Crippen LogP contribution in [0.15, 0.2) is 36.9 Å². The first kappa shape index (κ1) is 15.2. The Kier molecular flexibility index (Phi) is 6.68. The fraction of sp³-hybridized carbons (Fsp3) is 0.400. The van der Waals surface area contributed by atoms with Crippen molar-refractivity contribution >= 4 is 5.97 Å². The smallest absolute Gasteiger partial charge is 0.327 e. The summed E-state index contributed by atoms with van der Waals surface area (Å²) >= 11 is 0. The summed E-state index contributed by atoms with van der Waals surface area (Å²) in [6.45, 7) is 8.83. The third-order valence-electron chi connectivity index (χ3n) is 2.49. The van der Waals surface area contributed by atoms with Gasteiger partial charge in [-0.15, -0.1) is 6.58 Å². The molecule has 0 saturated heterocycles. The van der Waals surface area contributed by atoms with Gasteiger partial charge in [0.15, 0.2) is 0 Å². The molecule has 1 aromatic carbocycles. The first-order valence-electron chi connectivity index (χ1n) is 6.46. The topological polar surface area (TPSA) is 47.6 Å². The number of hydrogen-bond acceptors (Lipinski definition) is 4. The Morgan fingerprint density at radius 2 is 2.21 bits per heavy atom. The Hall–Kier alpha value is -1.81. The third-order valence-corrected chi connectivity index (χ3v) is 2.49. The number of hydrogen-bond donors (Lipinski definition) is 1. The molecule has 0 heterocycles. The second-order valence-corrected chi connectivity index (χ2v) is 3.89. The summed E-state index contributed by atoms with van der Waals surface area (Å²) < 4.78 is 10.5. The number of benzene rings is 1. The average Bonchev–Trinajstić information content (AvgIpc) is 2.40. The molecule has 19 heavy (non-hydrogen) atoms.